The summed E-state index contributed by atoms with van der Waals surface area (Å²) in [7, 11) is -2.19. The maximum absolute atomic E-state index is 12.8. The molecule has 3 rings (SSSR count). The third-order valence-electron chi connectivity index (χ3n) is 4.48. The molecule has 7 heteroatoms. The van der Waals surface area contributed by atoms with Gasteiger partial charge in [-0.15, -0.1) is 0 Å². The summed E-state index contributed by atoms with van der Waals surface area (Å²) in [6, 6.07) is 20.6. The quantitative estimate of drug-likeness (QED) is 0.618. The molecule has 0 aliphatic heterocycles. The Kier molecular flexibility index (Phi) is 6.42. The molecule has 0 fully saturated rings. The molecule has 0 aromatic heterocycles. The highest BCUT2D eigenvalue weighted by Gasteiger charge is 2.21. The molecule has 0 heterocycles. The van der Waals surface area contributed by atoms with E-state index in [9.17, 15) is 13.2 Å². The van der Waals surface area contributed by atoms with Crippen LogP contribution in [0.3, 0.4) is 0 Å². The summed E-state index contributed by atoms with van der Waals surface area (Å²) < 4.78 is 32.4. The molecule has 0 spiro atoms. The van der Waals surface area contributed by atoms with Gasteiger partial charge < -0.3 is 10.1 Å². The number of amides is 1. The fourth-order valence-electron chi connectivity index (χ4n) is 3.01. The van der Waals surface area contributed by atoms with E-state index in [2.05, 4.69) is 5.32 Å². The van der Waals surface area contributed by atoms with E-state index >= 15 is 0 Å². The van der Waals surface area contributed by atoms with Crippen LogP contribution >= 0.6 is 0 Å². The molecule has 0 saturated carbocycles. The topological polar surface area (TPSA) is 75.7 Å². The molecule has 3 aromatic rings. The maximum Gasteiger partial charge on any atom is 0.264 e. The van der Waals surface area contributed by atoms with Crippen molar-refractivity contribution in [3.05, 3.63) is 83.9 Å². The maximum atomic E-state index is 12.8. The molecule has 1 N–H and O–H groups in total. The van der Waals surface area contributed by atoms with E-state index in [4.69, 9.17) is 4.74 Å². The fraction of sp³-hybridized carbons (Fsp3) is 0.174. The first-order valence-electron chi connectivity index (χ1n) is 9.41. The largest absolute Gasteiger partial charge is 0.484 e. The van der Waals surface area contributed by atoms with Crippen molar-refractivity contribution in [1.29, 1.82) is 0 Å². The van der Waals surface area contributed by atoms with E-state index < -0.39 is 10.0 Å². The van der Waals surface area contributed by atoms with Gasteiger partial charge in [-0.05, 0) is 73.5 Å². The Bertz CT molecular complexity index is 1110. The smallest absolute Gasteiger partial charge is 0.264 e. The van der Waals surface area contributed by atoms with Gasteiger partial charge in [0, 0.05) is 12.7 Å². The Morgan fingerprint density at radius 3 is 2.13 bits per heavy atom. The number of carbonyl (C=O) groups is 1. The summed E-state index contributed by atoms with van der Waals surface area (Å²) in [5.74, 6) is 0.305. The average Bonchev–Trinajstić information content (AvgIpc) is 2.72. The Balaban J connectivity index is 1.63. The van der Waals surface area contributed by atoms with Crippen molar-refractivity contribution in [2.24, 2.45) is 0 Å². The van der Waals surface area contributed by atoms with Crippen LogP contribution in [-0.4, -0.2) is 28.0 Å². The van der Waals surface area contributed by atoms with Crippen LogP contribution in [0.1, 0.15) is 11.1 Å². The molecule has 30 heavy (non-hydrogen) atoms. The van der Waals surface area contributed by atoms with Gasteiger partial charge in [-0.2, -0.15) is 0 Å². The lowest BCUT2D eigenvalue weighted by Gasteiger charge is -2.19. The number of nitrogens with one attached hydrogen (secondary N) is 1. The third-order valence-corrected chi connectivity index (χ3v) is 6.28. The molecule has 0 aliphatic carbocycles. The highest BCUT2D eigenvalue weighted by molar-refractivity contribution is 7.92. The first-order chi connectivity index (χ1) is 14.3. The Labute approximate surface area is 177 Å². The molecular formula is C23H24N2O4S. The van der Waals surface area contributed by atoms with Crippen LogP contribution in [0, 0.1) is 13.8 Å². The lowest BCUT2D eigenvalue weighted by molar-refractivity contribution is -0.118. The zero-order chi connectivity index (χ0) is 21.7. The second kappa shape index (κ2) is 9.00. The van der Waals surface area contributed by atoms with Gasteiger partial charge in [0.15, 0.2) is 6.61 Å². The molecule has 0 bridgehead atoms. The van der Waals surface area contributed by atoms with E-state index in [1.165, 1.54) is 23.5 Å². The molecule has 3 aromatic carbocycles. The predicted octanol–water partition coefficient (Wildman–Crippen LogP) is 4.15. The minimum absolute atomic E-state index is 0.137. The normalized spacial score (nSPS) is 11.0. The predicted molar refractivity (Wildman–Crippen MR) is 119 cm³/mol. The standard InChI is InChI=1S/C23H24N2O4S/c1-17-13-18(2)15-21(14-17)29-16-23(26)24-19-9-11-22(12-10-19)30(27,28)25(3)20-7-5-4-6-8-20/h4-15H,16H2,1-3H3,(H,24,26). The number of para-hydroxylation sites is 1. The van der Waals surface area contributed by atoms with Gasteiger partial charge >= 0.3 is 0 Å². The molecule has 0 saturated heterocycles. The molecule has 0 atom stereocenters. The summed E-state index contributed by atoms with van der Waals surface area (Å²) in [4.78, 5) is 12.3. The molecule has 0 radical (unpaired) electrons. The van der Waals surface area contributed by atoms with Crippen molar-refractivity contribution >= 4 is 27.3 Å². The van der Waals surface area contributed by atoms with Crippen LogP contribution in [0.15, 0.2) is 77.7 Å². The number of benzene rings is 3. The lowest BCUT2D eigenvalue weighted by atomic mass is 10.1. The molecule has 0 unspecified atom stereocenters. The summed E-state index contributed by atoms with van der Waals surface area (Å²) in [5, 5.41) is 2.71. The number of aryl methyl sites for hydroxylation is 2. The van der Waals surface area contributed by atoms with Crippen molar-refractivity contribution in [2.75, 3.05) is 23.3 Å². The van der Waals surface area contributed by atoms with E-state index in [0.717, 1.165) is 11.1 Å². The Morgan fingerprint density at radius 2 is 1.53 bits per heavy atom. The molecule has 0 aliphatic rings. The number of rotatable bonds is 7. The molecule has 156 valence electrons. The lowest BCUT2D eigenvalue weighted by Crippen LogP contribution is -2.26. The first-order valence-corrected chi connectivity index (χ1v) is 10.8. The van der Waals surface area contributed by atoms with Crippen molar-refractivity contribution < 1.29 is 17.9 Å². The zero-order valence-electron chi connectivity index (χ0n) is 17.1. The van der Waals surface area contributed by atoms with Crippen LogP contribution in [0.25, 0.3) is 0 Å². The van der Waals surface area contributed by atoms with Crippen LogP contribution in [0.2, 0.25) is 0 Å². The number of carbonyl (C=O) groups excluding carboxylic acids is 1. The third kappa shape index (κ3) is 5.18. The fourth-order valence-corrected chi connectivity index (χ4v) is 4.20. The van der Waals surface area contributed by atoms with Gasteiger partial charge in [-0.1, -0.05) is 24.3 Å². The van der Waals surface area contributed by atoms with E-state index in [1.807, 2.05) is 38.1 Å². The highest BCUT2D eigenvalue weighted by atomic mass is 32.2. The van der Waals surface area contributed by atoms with Gasteiger partial charge in [0.25, 0.3) is 15.9 Å². The summed E-state index contributed by atoms with van der Waals surface area (Å²) in [6.07, 6.45) is 0. The van der Waals surface area contributed by atoms with Crippen molar-refractivity contribution in [3.63, 3.8) is 0 Å². The highest BCUT2D eigenvalue weighted by Crippen LogP contribution is 2.23. The minimum Gasteiger partial charge on any atom is -0.484 e. The second-order valence-electron chi connectivity index (χ2n) is 6.99. The first kappa shape index (κ1) is 21.4. The zero-order valence-corrected chi connectivity index (χ0v) is 17.9. The van der Waals surface area contributed by atoms with Crippen LogP contribution in [-0.2, 0) is 14.8 Å². The van der Waals surface area contributed by atoms with Crippen LogP contribution in [0.5, 0.6) is 5.75 Å². The average molecular weight is 425 g/mol. The number of nitrogens with zero attached hydrogens (tertiary/aromatic N) is 1. The number of hydrogen-bond acceptors (Lipinski definition) is 4. The Hall–Kier alpha value is -3.32. The van der Waals surface area contributed by atoms with Gasteiger partial charge in [-0.25, -0.2) is 8.42 Å². The van der Waals surface area contributed by atoms with Crippen molar-refractivity contribution in [1.82, 2.24) is 0 Å². The summed E-state index contributed by atoms with van der Waals surface area (Å²) in [5.41, 5.74) is 3.18. The second-order valence-corrected chi connectivity index (χ2v) is 8.96. The van der Waals surface area contributed by atoms with Gasteiger partial charge in [0.2, 0.25) is 0 Å². The molecule has 6 nitrogen and oxygen atoms in total. The number of ether oxygens (including phenoxy) is 1. The monoisotopic (exact) mass is 424 g/mol. The van der Waals surface area contributed by atoms with Gasteiger partial charge in [0.1, 0.15) is 5.75 Å². The van der Waals surface area contributed by atoms with Crippen molar-refractivity contribution in [3.8, 4) is 5.75 Å². The van der Waals surface area contributed by atoms with E-state index in [0.29, 0.717) is 17.1 Å². The Morgan fingerprint density at radius 1 is 0.933 bits per heavy atom. The SMILES string of the molecule is Cc1cc(C)cc(OCC(=O)Nc2ccc(S(=O)(=O)N(C)c3ccccc3)cc2)c1. The molecule has 1 amide bonds. The summed E-state index contributed by atoms with van der Waals surface area (Å²) >= 11 is 0. The number of sulfonamides is 1. The van der Waals surface area contributed by atoms with Gasteiger partial charge in [-0.3, -0.25) is 9.10 Å². The van der Waals surface area contributed by atoms with Crippen LogP contribution in [0.4, 0.5) is 11.4 Å². The minimum atomic E-state index is -3.70. The van der Waals surface area contributed by atoms with Crippen molar-refractivity contribution in [2.45, 2.75) is 18.7 Å². The van der Waals surface area contributed by atoms with Crippen LogP contribution < -0.4 is 14.4 Å². The van der Waals surface area contributed by atoms with Gasteiger partial charge in [0.05, 0.1) is 10.6 Å². The van der Waals surface area contributed by atoms with E-state index in [-0.39, 0.29) is 17.4 Å². The number of anilines is 2. The van der Waals surface area contributed by atoms with E-state index in [1.54, 1.807) is 36.4 Å². The summed E-state index contributed by atoms with van der Waals surface area (Å²) in [6.45, 7) is 3.79. The molecular weight excluding hydrogens is 400 g/mol. The number of hydrogen-bond donors (Lipinski definition) is 1.